The van der Waals surface area contributed by atoms with Crippen LogP contribution in [-0.4, -0.2) is 40.1 Å². The number of hydrogen-bond donors (Lipinski definition) is 1. The molecule has 0 saturated heterocycles. The molecule has 11 heteroatoms. The monoisotopic (exact) mass is 531 g/mol. The highest BCUT2D eigenvalue weighted by atomic mass is 32.2. The molecule has 3 heterocycles. The van der Waals surface area contributed by atoms with Crippen molar-refractivity contribution in [3.05, 3.63) is 65.7 Å². The normalized spacial score (nSPS) is 17.9. The lowest BCUT2D eigenvalue weighted by molar-refractivity contribution is 0.290. The first-order valence-electron chi connectivity index (χ1n) is 11.9. The van der Waals surface area contributed by atoms with Crippen LogP contribution in [0.25, 0.3) is 16.6 Å². The fraction of sp³-hybridized carbons (Fsp3) is 0.308. The molecule has 0 atom stereocenters. The SMILES string of the molecule is Cc1c(-c2cc(Sc3ccccc3C#N)c3c(C#N)cnn3c2)cnn1[C@H]1CC[C@@H](NS(C)(=O)=O)CC1. The molecule has 1 N–H and O–H groups in total. The molecule has 188 valence electrons. The van der Waals surface area contributed by atoms with Crippen LogP contribution in [-0.2, 0) is 10.0 Å². The van der Waals surface area contributed by atoms with Gasteiger partial charge in [-0.05, 0) is 50.8 Å². The van der Waals surface area contributed by atoms with Crippen LogP contribution in [0.5, 0.6) is 0 Å². The van der Waals surface area contributed by atoms with Gasteiger partial charge in [-0.3, -0.25) is 4.68 Å². The van der Waals surface area contributed by atoms with Gasteiger partial charge in [0.1, 0.15) is 12.1 Å². The Labute approximate surface area is 219 Å². The highest BCUT2D eigenvalue weighted by Crippen LogP contribution is 2.38. The first-order valence-corrected chi connectivity index (χ1v) is 14.6. The van der Waals surface area contributed by atoms with E-state index in [-0.39, 0.29) is 12.1 Å². The van der Waals surface area contributed by atoms with Crippen molar-refractivity contribution in [3.63, 3.8) is 0 Å². The van der Waals surface area contributed by atoms with Crippen LogP contribution >= 0.6 is 11.8 Å². The third kappa shape index (κ3) is 5.12. The number of benzene rings is 1. The van der Waals surface area contributed by atoms with Gasteiger partial charge in [-0.15, -0.1) is 0 Å². The molecule has 1 aliphatic rings. The number of nitriles is 2. The maximum atomic E-state index is 11.6. The Morgan fingerprint density at radius 3 is 2.46 bits per heavy atom. The molecule has 37 heavy (non-hydrogen) atoms. The minimum absolute atomic E-state index is 0.0333. The van der Waals surface area contributed by atoms with Gasteiger partial charge in [0.15, 0.2) is 0 Å². The zero-order valence-electron chi connectivity index (χ0n) is 20.4. The van der Waals surface area contributed by atoms with Crippen molar-refractivity contribution in [1.82, 2.24) is 24.1 Å². The number of pyridine rings is 1. The van der Waals surface area contributed by atoms with Gasteiger partial charge in [-0.2, -0.15) is 20.7 Å². The largest absolute Gasteiger partial charge is 0.266 e. The summed E-state index contributed by atoms with van der Waals surface area (Å²) in [6.07, 6.45) is 9.71. The molecule has 0 unspecified atom stereocenters. The Kier molecular flexibility index (Phi) is 6.78. The van der Waals surface area contributed by atoms with Crippen molar-refractivity contribution in [2.45, 2.75) is 54.5 Å². The Morgan fingerprint density at radius 1 is 1.03 bits per heavy atom. The second-order valence-corrected chi connectivity index (χ2v) is 12.1. The maximum absolute atomic E-state index is 11.6. The van der Waals surface area contributed by atoms with Crippen molar-refractivity contribution in [3.8, 4) is 23.3 Å². The smallest absolute Gasteiger partial charge is 0.208 e. The van der Waals surface area contributed by atoms with Crippen molar-refractivity contribution in [2.24, 2.45) is 0 Å². The first-order chi connectivity index (χ1) is 17.8. The number of hydrogen-bond acceptors (Lipinski definition) is 7. The molecule has 9 nitrogen and oxygen atoms in total. The zero-order chi connectivity index (χ0) is 26.2. The van der Waals surface area contributed by atoms with Crippen molar-refractivity contribution in [1.29, 1.82) is 10.5 Å². The predicted octanol–water partition coefficient (Wildman–Crippen LogP) is 4.43. The third-order valence-electron chi connectivity index (χ3n) is 6.70. The van der Waals surface area contributed by atoms with Gasteiger partial charge in [0.05, 0.1) is 41.3 Å². The fourth-order valence-electron chi connectivity index (χ4n) is 4.97. The molecular formula is C26H25N7O2S2. The maximum Gasteiger partial charge on any atom is 0.208 e. The van der Waals surface area contributed by atoms with Crippen LogP contribution in [0.2, 0.25) is 0 Å². The van der Waals surface area contributed by atoms with E-state index in [1.165, 1.54) is 18.0 Å². The quantitative estimate of drug-likeness (QED) is 0.389. The molecule has 5 rings (SSSR count). The number of rotatable bonds is 6. The van der Waals surface area contributed by atoms with Gasteiger partial charge in [0.2, 0.25) is 10.0 Å². The van der Waals surface area contributed by atoms with E-state index in [2.05, 4.69) is 22.0 Å². The van der Waals surface area contributed by atoms with Gasteiger partial charge in [-0.25, -0.2) is 17.7 Å². The highest BCUT2D eigenvalue weighted by molar-refractivity contribution is 7.99. The lowest BCUT2D eigenvalue weighted by Crippen LogP contribution is -2.37. The van der Waals surface area contributed by atoms with Gasteiger partial charge < -0.3 is 0 Å². The summed E-state index contributed by atoms with van der Waals surface area (Å²) in [6.45, 7) is 2.04. The second-order valence-electron chi connectivity index (χ2n) is 9.25. The molecule has 4 aromatic rings. The average molecular weight is 532 g/mol. The second kappa shape index (κ2) is 10.0. The Balaban J connectivity index is 1.49. The minimum atomic E-state index is -3.22. The van der Waals surface area contributed by atoms with Crippen molar-refractivity contribution < 1.29 is 8.42 Å². The molecule has 1 fully saturated rings. The summed E-state index contributed by atoms with van der Waals surface area (Å²) in [5.74, 6) is 0. The van der Waals surface area contributed by atoms with E-state index in [0.717, 1.165) is 52.3 Å². The van der Waals surface area contributed by atoms with Gasteiger partial charge in [0, 0.05) is 38.9 Å². The molecule has 0 amide bonds. The molecular weight excluding hydrogens is 506 g/mol. The summed E-state index contributed by atoms with van der Waals surface area (Å²) in [5.41, 5.74) is 4.62. The Morgan fingerprint density at radius 2 is 1.76 bits per heavy atom. The fourth-order valence-corrected chi connectivity index (χ4v) is 6.91. The van der Waals surface area contributed by atoms with Crippen LogP contribution < -0.4 is 4.72 Å². The van der Waals surface area contributed by atoms with Crippen LogP contribution in [0.3, 0.4) is 0 Å². The molecule has 3 aromatic heterocycles. The van der Waals surface area contributed by atoms with Crippen molar-refractivity contribution in [2.75, 3.05) is 6.26 Å². The van der Waals surface area contributed by atoms with Crippen LogP contribution in [0.15, 0.2) is 58.7 Å². The molecule has 0 bridgehead atoms. The number of nitrogens with zero attached hydrogens (tertiary/aromatic N) is 6. The number of fused-ring (bicyclic) bond motifs is 1. The van der Waals surface area contributed by atoms with Gasteiger partial charge >= 0.3 is 0 Å². The molecule has 0 radical (unpaired) electrons. The van der Waals surface area contributed by atoms with Crippen molar-refractivity contribution >= 4 is 27.3 Å². The topological polar surface area (TPSA) is 129 Å². The summed E-state index contributed by atoms with van der Waals surface area (Å²) in [5, 5.41) is 28.3. The molecule has 0 aliphatic heterocycles. The number of nitrogens with one attached hydrogen (secondary N) is 1. The summed E-state index contributed by atoms with van der Waals surface area (Å²) >= 11 is 1.44. The third-order valence-corrected chi connectivity index (χ3v) is 8.57. The minimum Gasteiger partial charge on any atom is -0.266 e. The lowest BCUT2D eigenvalue weighted by atomic mass is 9.91. The van der Waals surface area contributed by atoms with E-state index in [1.54, 1.807) is 16.8 Å². The summed E-state index contributed by atoms with van der Waals surface area (Å²) < 4.78 is 29.6. The number of sulfonamides is 1. The summed E-state index contributed by atoms with van der Waals surface area (Å²) in [4.78, 5) is 1.63. The highest BCUT2D eigenvalue weighted by Gasteiger charge is 2.26. The molecule has 1 aliphatic carbocycles. The van der Waals surface area contributed by atoms with E-state index in [4.69, 9.17) is 5.10 Å². The molecule has 1 saturated carbocycles. The van der Waals surface area contributed by atoms with Gasteiger partial charge in [-0.1, -0.05) is 23.9 Å². The standard InChI is InChI=1S/C26H25N7O2S2/c1-17-23(15-30-33(17)22-9-7-21(8-10-22)31-37(2,34)35)19-11-25(26-20(13-28)14-29-32(26)16-19)36-24-6-4-3-5-18(24)12-27/h3-6,11,14-16,21-22,31H,7-10H2,1-2H3/t21-,22+. The Hall–Kier alpha value is -3.64. The van der Waals surface area contributed by atoms with E-state index in [0.29, 0.717) is 16.6 Å². The lowest BCUT2D eigenvalue weighted by Gasteiger charge is -2.29. The summed E-state index contributed by atoms with van der Waals surface area (Å²) in [7, 11) is -3.22. The van der Waals surface area contributed by atoms with Crippen LogP contribution in [0.4, 0.5) is 0 Å². The van der Waals surface area contributed by atoms with E-state index < -0.39 is 10.0 Å². The molecule has 0 spiro atoms. The Bertz CT molecular complexity index is 1670. The first kappa shape index (κ1) is 25.0. The zero-order valence-corrected chi connectivity index (χ0v) is 22.1. The predicted molar refractivity (Wildman–Crippen MR) is 140 cm³/mol. The van der Waals surface area contributed by atoms with E-state index in [9.17, 15) is 18.9 Å². The average Bonchev–Trinajstić information content (AvgIpc) is 3.47. The van der Waals surface area contributed by atoms with E-state index in [1.807, 2.05) is 48.3 Å². The van der Waals surface area contributed by atoms with Crippen LogP contribution in [0.1, 0.15) is 48.5 Å². The van der Waals surface area contributed by atoms with E-state index >= 15 is 0 Å². The van der Waals surface area contributed by atoms with Gasteiger partial charge in [0.25, 0.3) is 0 Å². The summed E-state index contributed by atoms with van der Waals surface area (Å²) in [6, 6.07) is 14.0. The molecule has 1 aromatic carbocycles. The number of aromatic nitrogens is 4. The van der Waals surface area contributed by atoms with Crippen LogP contribution in [0, 0.1) is 29.6 Å².